The van der Waals surface area contributed by atoms with Crippen LogP contribution in [0.25, 0.3) is 0 Å². The van der Waals surface area contributed by atoms with Crippen molar-refractivity contribution in [3.63, 3.8) is 0 Å². The Bertz CT molecular complexity index is 3840. The van der Waals surface area contributed by atoms with Crippen LogP contribution in [0, 0.1) is 83.1 Å². The average molecular weight is 1930 g/mol. The standard InChI is InChI=1S/C24H35N2O.C23H35N2.C21H31N2.C19H27N2.4C5H10.8CH3.4Fe/c1-18(27)20-12-8-10-19(20)11-9-16-26-22-14-7-6-13-21(22)24(2,3)23(26)15-17-25(4)5;1-23(2)20-14-7-8-15-21(20)25(22(23)16-18-24(3)4)17-10-9-13-19-11-5-6-12-19;1-21(2)18-11-7-8-12-19(18)23(20(21)14-15-22(3)4)16-13-17-9-5-6-10-17;1-19(2)16-11-7-8-12-17(16)21(15-9-5-6-10-15)18(19)13-14-20(3)4;4*1-2-4-5-3-1;;;;;;;;;;;;/h6-7,13-15,17,19-20H,8-12,16H2,1-5H3;7-8,14-16,18-19H,5-6,9-13,17H2,1-4H3;7-8,11-12,14-15,17H,5-6,9-10,13,16H2,1-4H3;7-8,11-15H,5-6,9-10H2,1-4H3;4*1-5H2;8*1H3;;;;/q4*+1;;;;;8*-1;4*+2. The third-order valence-electron chi connectivity index (χ3n) is 28.0. The summed E-state index contributed by atoms with van der Waals surface area (Å²) in [4.78, 5) is 22.2. The van der Waals surface area contributed by atoms with Crippen LogP contribution < -0.4 is 19.6 Å². The van der Waals surface area contributed by atoms with Gasteiger partial charge in [0.2, 0.25) is 0 Å². The number of hydrogen-bond donors (Lipinski definition) is 0. The number of Topliss-reactive ketones (excluding diaryl/α,β-unsaturated/α-hetero) is 1. The topological polar surface area (TPSA) is 42.1 Å². The van der Waals surface area contributed by atoms with Crippen LogP contribution in [0.15, 0.2) is 144 Å². The second-order valence-electron chi connectivity index (χ2n) is 39.7. The van der Waals surface area contributed by atoms with Crippen LogP contribution in [0.3, 0.4) is 0 Å². The number of para-hydroxylation sites is 4. The summed E-state index contributed by atoms with van der Waals surface area (Å²) in [6.07, 6.45) is 76.2. The molecule has 9 nitrogen and oxygen atoms in total. The molecule has 8 saturated carbocycles. The zero-order valence-corrected chi connectivity index (χ0v) is 91.2. The molecule has 4 heterocycles. The van der Waals surface area contributed by atoms with Crippen LogP contribution in [0.1, 0.15) is 348 Å². The Balaban J connectivity index is -0.000000722. The smallest absolute Gasteiger partial charge is 0.358 e. The van der Waals surface area contributed by atoms with E-state index in [2.05, 4.69) is 296 Å². The molecule has 0 bridgehead atoms. The van der Waals surface area contributed by atoms with E-state index in [4.69, 9.17) is 0 Å². The first-order chi connectivity index (χ1) is 55.8. The molecule has 0 radical (unpaired) electrons. The van der Waals surface area contributed by atoms with Gasteiger partial charge in [0.1, 0.15) is 62.2 Å². The summed E-state index contributed by atoms with van der Waals surface area (Å²) in [5, 5.41) is 0. The number of fused-ring (bicyclic) bond motifs is 4. The van der Waals surface area contributed by atoms with Crippen LogP contribution in [-0.2, 0) is 94.7 Å². The molecule has 4 aromatic rings. The van der Waals surface area contributed by atoms with E-state index in [9.17, 15) is 4.79 Å². The number of carbonyl (C=O) groups is 1. The quantitative estimate of drug-likeness (QED) is 0.0326. The van der Waals surface area contributed by atoms with Gasteiger partial charge in [-0.15, -0.1) is 0 Å². The molecule has 0 aromatic heterocycles. The number of nitrogens with zero attached hydrogens (tertiary/aromatic N) is 8. The summed E-state index contributed by atoms with van der Waals surface area (Å²) in [5.41, 5.74) is 17.3. The van der Waals surface area contributed by atoms with Gasteiger partial charge in [-0.1, -0.05) is 340 Å². The van der Waals surface area contributed by atoms with E-state index >= 15 is 0 Å². The molecule has 0 spiro atoms. The fourth-order valence-corrected chi connectivity index (χ4v) is 21.2. The van der Waals surface area contributed by atoms with E-state index in [1.54, 1.807) is 6.92 Å². The SMILES string of the molecule is C1CCCC1.C1CCCC1.C1CCCC1.C1CCCC1.CC(=O)C1CCCC1CCCN1C(=CC=[N+](C)C)C(C)(C)c2ccccc21.C[N+](C)=CC=C1N(C2CCCC2)c2ccccc2C1(C)C.C[N+](C)=CC=C1N(CCC2CCCC2)c2ccccc2C1(C)C.C[N+](C)=CC=C1N(CCCCC2CCCC2)c2ccccc2C1(C)C.[CH3-].[CH3-].[CH3-].[CH3-].[CH3-].[CH3-].[CH3-].[CH3-].[Fe+2].[Fe+2].[Fe+2].[Fe+2]. The van der Waals surface area contributed by atoms with Gasteiger partial charge in [0.25, 0.3) is 0 Å². The molecule has 0 saturated heterocycles. The number of carbonyl (C=O) groups excluding carboxylic acids is 1. The van der Waals surface area contributed by atoms with Crippen molar-refractivity contribution in [3.8, 4) is 0 Å². The Hall–Kier alpha value is -4.53. The summed E-state index contributed by atoms with van der Waals surface area (Å²) >= 11 is 0. The number of benzene rings is 4. The maximum absolute atomic E-state index is 11.9. The molecule has 0 amide bonds. The van der Waals surface area contributed by atoms with E-state index in [1.165, 1.54) is 312 Å². The number of anilines is 4. The third kappa shape index (κ3) is 37.6. The maximum Gasteiger partial charge on any atom is 2.00 e. The van der Waals surface area contributed by atoms with Crippen molar-refractivity contribution in [3.05, 3.63) is 226 Å². The van der Waals surface area contributed by atoms with Crippen molar-refractivity contribution in [2.75, 3.05) is 95.6 Å². The molecule has 8 aliphatic carbocycles. The first-order valence-corrected chi connectivity index (χ1v) is 47.7. The summed E-state index contributed by atoms with van der Waals surface area (Å²) in [6.45, 7) is 23.9. The molecule has 128 heavy (non-hydrogen) atoms. The normalized spacial score (nSPS) is 20.7. The first-order valence-electron chi connectivity index (χ1n) is 47.7. The Morgan fingerprint density at radius 2 is 0.570 bits per heavy atom. The van der Waals surface area contributed by atoms with Crippen molar-refractivity contribution >= 4 is 53.4 Å². The van der Waals surface area contributed by atoms with Crippen molar-refractivity contribution in [1.29, 1.82) is 0 Å². The van der Waals surface area contributed by atoms with Crippen LogP contribution >= 0.6 is 0 Å². The summed E-state index contributed by atoms with van der Waals surface area (Å²) in [5.74, 6) is 3.24. The molecule has 8 fully saturated rings. The van der Waals surface area contributed by atoms with Gasteiger partial charge in [0, 0.05) is 123 Å². The van der Waals surface area contributed by atoms with Crippen LogP contribution in [-0.4, -0.2) is 131 Å². The monoisotopic (exact) mass is 1930 g/mol. The van der Waals surface area contributed by atoms with Crippen molar-refractivity contribution in [2.45, 2.75) is 353 Å². The Labute approximate surface area is 836 Å². The first kappa shape index (κ1) is 130. The Kier molecular flexibility index (Phi) is 66.9. The molecule has 4 aromatic carbocycles. The van der Waals surface area contributed by atoms with Gasteiger partial charge in [-0.3, -0.25) is 4.79 Å². The molecule has 726 valence electrons. The molecule has 13 heteroatoms. The minimum Gasteiger partial charge on any atom is -0.358 e. The molecule has 2 unspecified atom stereocenters. The van der Waals surface area contributed by atoms with E-state index in [1.807, 2.05) is 0 Å². The second kappa shape index (κ2) is 66.0. The largest absolute Gasteiger partial charge is 2.00 e. The van der Waals surface area contributed by atoms with Gasteiger partial charge in [-0.25, -0.2) is 18.3 Å². The molecular formula is C115H192Fe4N8O+4. The predicted molar refractivity (Wildman–Crippen MR) is 556 cm³/mol. The van der Waals surface area contributed by atoms with Crippen LogP contribution in [0.5, 0.6) is 0 Å². The van der Waals surface area contributed by atoms with Crippen LogP contribution in [0.4, 0.5) is 22.7 Å². The van der Waals surface area contributed by atoms with Gasteiger partial charge >= 0.3 is 68.3 Å². The van der Waals surface area contributed by atoms with E-state index in [-0.39, 0.29) is 149 Å². The van der Waals surface area contributed by atoms with E-state index in [0.29, 0.717) is 23.7 Å². The predicted octanol–water partition coefficient (Wildman–Crippen LogP) is 30.1. The van der Waals surface area contributed by atoms with Gasteiger partial charge < -0.3 is 79.0 Å². The van der Waals surface area contributed by atoms with Crippen molar-refractivity contribution in [1.82, 2.24) is 0 Å². The fourth-order valence-electron chi connectivity index (χ4n) is 21.2. The van der Waals surface area contributed by atoms with Gasteiger partial charge in [-0.05, 0) is 123 Å². The number of ketones is 1. The molecule has 4 aliphatic heterocycles. The third-order valence-corrected chi connectivity index (χ3v) is 28.0. The van der Waals surface area contributed by atoms with E-state index in [0.717, 1.165) is 50.7 Å². The molecule has 16 rings (SSSR count). The molecule has 2 atom stereocenters. The van der Waals surface area contributed by atoms with E-state index < -0.39 is 0 Å². The molecule has 12 aliphatic rings. The van der Waals surface area contributed by atoms with Gasteiger partial charge in [-0.2, -0.15) is 0 Å². The number of hydrogen-bond acceptors (Lipinski definition) is 5. The van der Waals surface area contributed by atoms with Gasteiger partial charge in [0.15, 0.2) is 24.9 Å². The van der Waals surface area contributed by atoms with Gasteiger partial charge in [0.05, 0.1) is 0 Å². The summed E-state index contributed by atoms with van der Waals surface area (Å²) in [7, 11) is 16.7. The summed E-state index contributed by atoms with van der Waals surface area (Å²) < 4.78 is 8.48. The van der Waals surface area contributed by atoms with Crippen molar-refractivity contribution in [2.24, 2.45) is 23.7 Å². The minimum absolute atomic E-state index is 0. The number of unbranched alkanes of at least 4 members (excludes halogenated alkanes) is 1. The fraction of sp³-hybridized carbons (Fsp3) is 0.609. The zero-order chi connectivity index (χ0) is 83.1. The average Bonchev–Trinajstić information content (AvgIpc) is 1.52. The molecular weight excluding hydrogens is 1730 g/mol. The minimum atomic E-state index is 0. The summed E-state index contributed by atoms with van der Waals surface area (Å²) in [6, 6.07) is 36.3. The molecule has 0 N–H and O–H groups in total. The number of allylic oxidation sites excluding steroid dienone is 8. The Morgan fingerprint density at radius 3 is 0.891 bits per heavy atom. The number of rotatable bonds is 18. The maximum atomic E-state index is 11.9. The zero-order valence-electron chi connectivity index (χ0n) is 86.8. The Morgan fingerprint density at radius 1 is 0.305 bits per heavy atom. The second-order valence-corrected chi connectivity index (χ2v) is 39.7. The van der Waals surface area contributed by atoms with Crippen LogP contribution in [0.2, 0.25) is 0 Å². The van der Waals surface area contributed by atoms with Crippen molar-refractivity contribution < 1.29 is 91.4 Å².